The van der Waals surface area contributed by atoms with Gasteiger partial charge in [0.25, 0.3) is 5.91 Å². The number of amides is 1. The van der Waals surface area contributed by atoms with E-state index in [4.69, 9.17) is 10.5 Å². The molecule has 0 spiro atoms. The Hall–Kier alpha value is -2.73. The molecule has 0 atom stereocenters. The number of hydrogen-bond donors (Lipinski definition) is 2. The number of hydrogen-bond acceptors (Lipinski definition) is 5. The highest BCUT2D eigenvalue weighted by molar-refractivity contribution is 7.89. The van der Waals surface area contributed by atoms with Gasteiger partial charge in [0, 0.05) is 13.6 Å². The van der Waals surface area contributed by atoms with Crippen LogP contribution in [-0.4, -0.2) is 36.6 Å². The van der Waals surface area contributed by atoms with Crippen molar-refractivity contribution in [1.29, 1.82) is 5.26 Å². The van der Waals surface area contributed by atoms with Crippen molar-refractivity contribution >= 4 is 15.9 Å². The quantitative estimate of drug-likeness (QED) is 0.600. The Bertz CT molecular complexity index is 885. The van der Waals surface area contributed by atoms with Gasteiger partial charge in [0.1, 0.15) is 5.75 Å². The lowest BCUT2D eigenvalue weighted by atomic mass is 10.0. The highest BCUT2D eigenvalue weighted by atomic mass is 32.2. The van der Waals surface area contributed by atoms with Gasteiger partial charge < -0.3 is 0 Å². The molecule has 0 heterocycles. The Morgan fingerprint density at radius 1 is 1.12 bits per heavy atom. The average Bonchev–Trinajstić information content (AvgIpc) is 2.62. The molecule has 1 amide bonds. The molecule has 8 heteroatoms. The first-order valence-corrected chi connectivity index (χ1v) is 8.93. The van der Waals surface area contributed by atoms with Gasteiger partial charge in [-0.2, -0.15) is 5.26 Å². The van der Waals surface area contributed by atoms with E-state index in [-0.39, 0.29) is 6.54 Å². The van der Waals surface area contributed by atoms with Crippen molar-refractivity contribution in [2.75, 3.05) is 12.8 Å². The fraction of sp³-hybridized carbons (Fsp3) is 0.176. The largest absolute Gasteiger partial charge is 0.289 e. The SMILES string of the molecule is CN(Cc1ccc(-c2ccc(C#N)cc2)cc1)S(=O)(=O)CC(=O)NO. The topological polar surface area (TPSA) is 111 Å². The van der Waals surface area contributed by atoms with Crippen LogP contribution in [0.2, 0.25) is 0 Å². The van der Waals surface area contributed by atoms with Crippen molar-refractivity contribution in [2.45, 2.75) is 6.54 Å². The van der Waals surface area contributed by atoms with Crippen molar-refractivity contribution in [3.8, 4) is 17.2 Å². The molecule has 0 saturated carbocycles. The van der Waals surface area contributed by atoms with Gasteiger partial charge in [-0.1, -0.05) is 36.4 Å². The first kappa shape index (κ1) is 18.6. The van der Waals surface area contributed by atoms with E-state index in [9.17, 15) is 13.2 Å². The smallest absolute Gasteiger partial charge is 0.259 e. The minimum atomic E-state index is -3.81. The number of nitrogens with one attached hydrogen (secondary N) is 1. The summed E-state index contributed by atoms with van der Waals surface area (Å²) in [5, 5.41) is 17.3. The van der Waals surface area contributed by atoms with Crippen molar-refractivity contribution < 1.29 is 18.4 Å². The van der Waals surface area contributed by atoms with Gasteiger partial charge in [-0.15, -0.1) is 0 Å². The van der Waals surface area contributed by atoms with Gasteiger partial charge in [0.05, 0.1) is 11.6 Å². The Kier molecular flexibility index (Phi) is 5.88. The second-order valence-corrected chi connectivity index (χ2v) is 7.51. The number of nitriles is 1. The predicted molar refractivity (Wildman–Crippen MR) is 91.8 cm³/mol. The lowest BCUT2D eigenvalue weighted by molar-refractivity contribution is -0.126. The third-order valence-corrected chi connectivity index (χ3v) is 5.33. The molecule has 0 aliphatic carbocycles. The van der Waals surface area contributed by atoms with Crippen LogP contribution in [0.15, 0.2) is 48.5 Å². The maximum atomic E-state index is 12.0. The van der Waals surface area contributed by atoms with Crippen LogP contribution in [0.25, 0.3) is 11.1 Å². The van der Waals surface area contributed by atoms with E-state index in [0.717, 1.165) is 21.0 Å². The molecule has 2 aromatic rings. The molecule has 0 aromatic heterocycles. The highest BCUT2D eigenvalue weighted by Crippen LogP contribution is 2.21. The summed E-state index contributed by atoms with van der Waals surface area (Å²) in [6.07, 6.45) is 0. The number of hydroxylamine groups is 1. The van der Waals surface area contributed by atoms with Gasteiger partial charge in [-0.05, 0) is 28.8 Å². The second kappa shape index (κ2) is 7.90. The average molecular weight is 359 g/mol. The molecule has 25 heavy (non-hydrogen) atoms. The molecular formula is C17H17N3O4S. The van der Waals surface area contributed by atoms with E-state index in [1.807, 2.05) is 24.3 Å². The third kappa shape index (κ3) is 4.87. The summed E-state index contributed by atoms with van der Waals surface area (Å²) in [5.74, 6) is -1.80. The molecule has 0 radical (unpaired) electrons. The molecular weight excluding hydrogens is 342 g/mol. The summed E-state index contributed by atoms with van der Waals surface area (Å²) in [6, 6.07) is 16.5. The third-order valence-electron chi connectivity index (χ3n) is 3.62. The zero-order valence-electron chi connectivity index (χ0n) is 13.5. The molecule has 0 bridgehead atoms. The Labute approximate surface area is 146 Å². The molecule has 2 rings (SSSR count). The number of carbonyl (C=O) groups excluding carboxylic acids is 1. The number of benzene rings is 2. The predicted octanol–water partition coefficient (Wildman–Crippen LogP) is 1.49. The zero-order chi connectivity index (χ0) is 18.4. The van der Waals surface area contributed by atoms with Crippen LogP contribution >= 0.6 is 0 Å². The summed E-state index contributed by atoms with van der Waals surface area (Å²) in [7, 11) is -2.44. The summed E-state index contributed by atoms with van der Waals surface area (Å²) >= 11 is 0. The Balaban J connectivity index is 2.09. The van der Waals surface area contributed by atoms with Crippen molar-refractivity contribution in [3.63, 3.8) is 0 Å². The van der Waals surface area contributed by atoms with E-state index < -0.39 is 21.7 Å². The molecule has 2 N–H and O–H groups in total. The van der Waals surface area contributed by atoms with Crippen molar-refractivity contribution in [3.05, 3.63) is 59.7 Å². The van der Waals surface area contributed by atoms with E-state index in [1.54, 1.807) is 24.3 Å². The summed E-state index contributed by atoms with van der Waals surface area (Å²) in [6.45, 7) is 0.106. The van der Waals surface area contributed by atoms with E-state index >= 15 is 0 Å². The minimum absolute atomic E-state index is 0.106. The van der Waals surface area contributed by atoms with Gasteiger partial charge in [0.2, 0.25) is 10.0 Å². The second-order valence-electron chi connectivity index (χ2n) is 5.43. The number of sulfonamides is 1. The number of nitrogens with zero attached hydrogens (tertiary/aromatic N) is 2. The first-order valence-electron chi connectivity index (χ1n) is 7.32. The van der Waals surface area contributed by atoms with Crippen LogP contribution in [0.4, 0.5) is 0 Å². The minimum Gasteiger partial charge on any atom is -0.289 e. The van der Waals surface area contributed by atoms with Gasteiger partial charge in [-0.3, -0.25) is 10.0 Å². The summed E-state index contributed by atoms with van der Waals surface area (Å²) < 4.78 is 25.0. The first-order chi connectivity index (χ1) is 11.9. The number of carbonyl (C=O) groups is 1. The Morgan fingerprint density at radius 2 is 1.64 bits per heavy atom. The van der Waals surface area contributed by atoms with Gasteiger partial charge in [-0.25, -0.2) is 18.2 Å². The molecule has 0 fully saturated rings. The van der Waals surface area contributed by atoms with Crippen LogP contribution in [-0.2, 0) is 21.4 Å². The van der Waals surface area contributed by atoms with Crippen LogP contribution < -0.4 is 5.48 Å². The zero-order valence-corrected chi connectivity index (χ0v) is 14.3. The highest BCUT2D eigenvalue weighted by Gasteiger charge is 2.21. The van der Waals surface area contributed by atoms with E-state index in [1.165, 1.54) is 12.5 Å². The van der Waals surface area contributed by atoms with E-state index in [2.05, 4.69) is 6.07 Å². The lowest BCUT2D eigenvalue weighted by Gasteiger charge is -2.16. The standard InChI is InChI=1S/C17H17N3O4S/c1-20(25(23,24)12-17(21)19-22)11-14-4-8-16(9-5-14)15-6-2-13(10-18)3-7-15/h2-9,22H,11-12H2,1H3,(H,19,21). The molecule has 130 valence electrons. The maximum absolute atomic E-state index is 12.0. The molecule has 0 aliphatic rings. The molecule has 7 nitrogen and oxygen atoms in total. The van der Waals surface area contributed by atoms with Crippen LogP contribution in [0.1, 0.15) is 11.1 Å². The summed E-state index contributed by atoms with van der Waals surface area (Å²) in [5.41, 5.74) is 4.54. The van der Waals surface area contributed by atoms with Crippen molar-refractivity contribution in [2.24, 2.45) is 0 Å². The maximum Gasteiger partial charge on any atom is 0.259 e. The number of rotatable bonds is 6. The fourth-order valence-corrected chi connectivity index (χ4v) is 3.17. The van der Waals surface area contributed by atoms with Gasteiger partial charge >= 0.3 is 0 Å². The van der Waals surface area contributed by atoms with Crippen LogP contribution in [0, 0.1) is 11.3 Å². The monoisotopic (exact) mass is 359 g/mol. The van der Waals surface area contributed by atoms with Crippen LogP contribution in [0.5, 0.6) is 0 Å². The molecule has 2 aromatic carbocycles. The molecule has 0 unspecified atom stereocenters. The molecule has 0 aliphatic heterocycles. The summed E-state index contributed by atoms with van der Waals surface area (Å²) in [4.78, 5) is 11.0. The van der Waals surface area contributed by atoms with Crippen LogP contribution in [0.3, 0.4) is 0 Å². The lowest BCUT2D eigenvalue weighted by Crippen LogP contribution is -2.36. The normalized spacial score (nSPS) is 11.1. The van der Waals surface area contributed by atoms with Crippen molar-refractivity contribution in [1.82, 2.24) is 9.79 Å². The van der Waals surface area contributed by atoms with E-state index in [0.29, 0.717) is 5.56 Å². The fourth-order valence-electron chi connectivity index (χ4n) is 2.20. The van der Waals surface area contributed by atoms with Gasteiger partial charge in [0.15, 0.2) is 0 Å². The molecule has 0 saturated heterocycles. The Morgan fingerprint density at radius 3 is 2.12 bits per heavy atom.